The molecule has 0 saturated carbocycles. The molecule has 0 aliphatic heterocycles. The van der Waals surface area contributed by atoms with Gasteiger partial charge in [-0.05, 0) is 69.2 Å². The average Bonchev–Trinajstić information content (AvgIpc) is 2.37. The molecule has 0 aliphatic rings. The van der Waals surface area contributed by atoms with Gasteiger partial charge >= 0.3 is 0 Å². The lowest BCUT2D eigenvalue weighted by Gasteiger charge is -2.25. The van der Waals surface area contributed by atoms with Crippen LogP contribution in [0.15, 0.2) is 28.7 Å². The van der Waals surface area contributed by atoms with E-state index >= 15 is 0 Å². The first kappa shape index (κ1) is 18.1. The van der Waals surface area contributed by atoms with Gasteiger partial charge in [-0.15, -0.1) is 0 Å². The SMILES string of the molecule is CCSCCC(CNC(C)(C)C)Cc1ccccc1Br. The Kier molecular flexibility index (Phi) is 8.23. The first-order chi connectivity index (χ1) is 9.42. The van der Waals surface area contributed by atoms with Crippen LogP contribution >= 0.6 is 27.7 Å². The van der Waals surface area contributed by atoms with E-state index in [4.69, 9.17) is 0 Å². The Balaban J connectivity index is 2.59. The van der Waals surface area contributed by atoms with Crippen molar-refractivity contribution < 1.29 is 0 Å². The Morgan fingerprint density at radius 1 is 1.25 bits per heavy atom. The summed E-state index contributed by atoms with van der Waals surface area (Å²) in [6.45, 7) is 10.0. The molecule has 1 nitrogen and oxygen atoms in total. The van der Waals surface area contributed by atoms with Crippen molar-refractivity contribution in [3.05, 3.63) is 34.3 Å². The van der Waals surface area contributed by atoms with Gasteiger partial charge < -0.3 is 5.32 Å². The van der Waals surface area contributed by atoms with Gasteiger partial charge in [0.1, 0.15) is 0 Å². The lowest BCUT2D eigenvalue weighted by atomic mass is 9.95. The number of rotatable bonds is 8. The van der Waals surface area contributed by atoms with E-state index < -0.39 is 0 Å². The molecule has 1 N–H and O–H groups in total. The van der Waals surface area contributed by atoms with Gasteiger partial charge in [-0.1, -0.05) is 41.1 Å². The maximum atomic E-state index is 3.67. The smallest absolute Gasteiger partial charge is 0.0207 e. The van der Waals surface area contributed by atoms with Gasteiger partial charge in [0.2, 0.25) is 0 Å². The van der Waals surface area contributed by atoms with Crippen LogP contribution in [-0.2, 0) is 6.42 Å². The first-order valence-corrected chi connectivity index (χ1v) is 9.43. The molecule has 0 heterocycles. The van der Waals surface area contributed by atoms with Crippen LogP contribution < -0.4 is 5.32 Å². The van der Waals surface area contributed by atoms with Crippen molar-refractivity contribution in [2.75, 3.05) is 18.1 Å². The Labute approximate surface area is 137 Å². The molecular formula is C17H28BrNS. The highest BCUT2D eigenvalue weighted by molar-refractivity contribution is 9.10. The number of nitrogens with one attached hydrogen (secondary N) is 1. The summed E-state index contributed by atoms with van der Waals surface area (Å²) in [4.78, 5) is 0. The van der Waals surface area contributed by atoms with Gasteiger partial charge in [-0.3, -0.25) is 0 Å². The fraction of sp³-hybridized carbons (Fsp3) is 0.647. The summed E-state index contributed by atoms with van der Waals surface area (Å²) >= 11 is 5.72. The van der Waals surface area contributed by atoms with Crippen LogP contribution in [0.4, 0.5) is 0 Å². The van der Waals surface area contributed by atoms with Crippen molar-refractivity contribution in [3.63, 3.8) is 0 Å². The molecule has 0 saturated heterocycles. The van der Waals surface area contributed by atoms with E-state index in [0.717, 1.165) is 13.0 Å². The third-order valence-corrected chi connectivity index (χ3v) is 4.97. The fourth-order valence-corrected chi connectivity index (χ4v) is 3.33. The van der Waals surface area contributed by atoms with Crippen LogP contribution in [0.25, 0.3) is 0 Å². The van der Waals surface area contributed by atoms with E-state index in [1.165, 1.54) is 28.0 Å². The monoisotopic (exact) mass is 357 g/mol. The molecule has 0 fully saturated rings. The first-order valence-electron chi connectivity index (χ1n) is 7.48. The van der Waals surface area contributed by atoms with Crippen LogP contribution in [0.1, 0.15) is 39.7 Å². The van der Waals surface area contributed by atoms with Gasteiger partial charge in [0.25, 0.3) is 0 Å². The summed E-state index contributed by atoms with van der Waals surface area (Å²) in [6, 6.07) is 8.60. The largest absolute Gasteiger partial charge is 0.312 e. The Bertz CT molecular complexity index is 387. The topological polar surface area (TPSA) is 12.0 Å². The molecule has 1 rings (SSSR count). The molecule has 1 atom stereocenters. The predicted molar refractivity (Wildman–Crippen MR) is 96.7 cm³/mol. The highest BCUT2D eigenvalue weighted by Crippen LogP contribution is 2.22. The maximum absolute atomic E-state index is 3.67. The number of thioether (sulfide) groups is 1. The highest BCUT2D eigenvalue weighted by Gasteiger charge is 2.15. The fourth-order valence-electron chi connectivity index (χ4n) is 2.10. The van der Waals surface area contributed by atoms with Gasteiger partial charge in [-0.25, -0.2) is 0 Å². The van der Waals surface area contributed by atoms with Gasteiger partial charge in [0.15, 0.2) is 0 Å². The molecule has 0 bridgehead atoms. The van der Waals surface area contributed by atoms with Gasteiger partial charge in [0, 0.05) is 10.0 Å². The second-order valence-electron chi connectivity index (χ2n) is 6.28. The Morgan fingerprint density at radius 2 is 1.95 bits per heavy atom. The van der Waals surface area contributed by atoms with Gasteiger partial charge in [-0.2, -0.15) is 11.8 Å². The van der Waals surface area contributed by atoms with Crippen LogP contribution in [0, 0.1) is 5.92 Å². The third kappa shape index (κ3) is 7.70. The number of halogens is 1. The summed E-state index contributed by atoms with van der Waals surface area (Å²) in [5.74, 6) is 3.18. The highest BCUT2D eigenvalue weighted by atomic mass is 79.9. The van der Waals surface area contributed by atoms with Crippen molar-refractivity contribution in [1.82, 2.24) is 5.32 Å². The van der Waals surface area contributed by atoms with Crippen molar-refractivity contribution >= 4 is 27.7 Å². The van der Waals surface area contributed by atoms with Crippen molar-refractivity contribution in [2.45, 2.75) is 46.1 Å². The molecule has 1 aromatic rings. The lowest BCUT2D eigenvalue weighted by Crippen LogP contribution is -2.39. The number of hydrogen-bond acceptors (Lipinski definition) is 2. The quantitative estimate of drug-likeness (QED) is 0.646. The molecule has 1 aromatic carbocycles. The molecule has 20 heavy (non-hydrogen) atoms. The number of hydrogen-bond donors (Lipinski definition) is 1. The molecule has 0 amide bonds. The van der Waals surface area contributed by atoms with Crippen LogP contribution in [0.2, 0.25) is 0 Å². The second kappa shape index (κ2) is 9.11. The minimum atomic E-state index is 0.198. The Hall–Kier alpha value is 0.01000. The van der Waals surface area contributed by atoms with E-state index in [9.17, 15) is 0 Å². The zero-order chi connectivity index (χ0) is 15.0. The molecule has 0 aliphatic carbocycles. The number of benzene rings is 1. The van der Waals surface area contributed by atoms with E-state index in [1.54, 1.807) is 0 Å². The molecule has 0 radical (unpaired) electrons. The zero-order valence-corrected chi connectivity index (χ0v) is 15.6. The third-order valence-electron chi connectivity index (χ3n) is 3.26. The minimum Gasteiger partial charge on any atom is -0.312 e. The lowest BCUT2D eigenvalue weighted by molar-refractivity contribution is 0.364. The van der Waals surface area contributed by atoms with Crippen molar-refractivity contribution in [1.29, 1.82) is 0 Å². The molecule has 0 aromatic heterocycles. The van der Waals surface area contributed by atoms with Crippen LogP contribution in [0.5, 0.6) is 0 Å². The molecule has 114 valence electrons. The van der Waals surface area contributed by atoms with Crippen molar-refractivity contribution in [2.24, 2.45) is 5.92 Å². The predicted octanol–water partition coefficient (Wildman–Crippen LogP) is 5.14. The average molecular weight is 358 g/mol. The zero-order valence-electron chi connectivity index (χ0n) is 13.2. The van der Waals surface area contributed by atoms with E-state index in [2.05, 4.69) is 73.2 Å². The summed E-state index contributed by atoms with van der Waals surface area (Å²) in [7, 11) is 0. The van der Waals surface area contributed by atoms with Crippen LogP contribution in [0.3, 0.4) is 0 Å². The van der Waals surface area contributed by atoms with Gasteiger partial charge in [0.05, 0.1) is 0 Å². The summed E-state index contributed by atoms with van der Waals surface area (Å²) < 4.78 is 1.24. The summed E-state index contributed by atoms with van der Waals surface area (Å²) in [6.07, 6.45) is 2.43. The second-order valence-corrected chi connectivity index (χ2v) is 8.53. The molecule has 1 unspecified atom stereocenters. The normalized spacial score (nSPS) is 13.4. The standard InChI is InChI=1S/C17H28BrNS/c1-5-20-11-10-14(13-19-17(2,3)4)12-15-8-6-7-9-16(15)18/h6-9,14,19H,5,10-13H2,1-4H3. The van der Waals surface area contributed by atoms with Crippen LogP contribution in [-0.4, -0.2) is 23.6 Å². The summed E-state index contributed by atoms with van der Waals surface area (Å²) in [5.41, 5.74) is 1.62. The maximum Gasteiger partial charge on any atom is 0.0207 e. The minimum absolute atomic E-state index is 0.198. The molecule has 0 spiro atoms. The summed E-state index contributed by atoms with van der Waals surface area (Å²) in [5, 5.41) is 3.66. The van der Waals surface area contributed by atoms with E-state index in [1.807, 2.05) is 11.8 Å². The Morgan fingerprint density at radius 3 is 2.55 bits per heavy atom. The molecular weight excluding hydrogens is 330 g/mol. The van der Waals surface area contributed by atoms with E-state index in [0.29, 0.717) is 5.92 Å². The van der Waals surface area contributed by atoms with E-state index in [-0.39, 0.29) is 5.54 Å². The molecule has 3 heteroatoms. The van der Waals surface area contributed by atoms with Crippen molar-refractivity contribution in [3.8, 4) is 0 Å².